The first kappa shape index (κ1) is 19.9. The molecule has 146 valence electrons. The zero-order valence-electron chi connectivity index (χ0n) is 15.0. The van der Waals surface area contributed by atoms with Crippen molar-refractivity contribution < 1.29 is 27.5 Å². The minimum absolute atomic E-state index is 0.358. The molecule has 1 atom stereocenters. The van der Waals surface area contributed by atoms with Crippen LogP contribution in [0.5, 0.6) is 0 Å². The van der Waals surface area contributed by atoms with Gasteiger partial charge in [-0.05, 0) is 43.0 Å². The van der Waals surface area contributed by atoms with Crippen molar-refractivity contribution in [3.63, 3.8) is 0 Å². The number of rotatable bonds is 4. The smallest absolute Gasteiger partial charge is 0.418 e. The third kappa shape index (κ3) is 4.01. The Labute approximate surface area is 162 Å². The number of carbonyl (C=O) groups excluding carboxylic acids is 2. The zero-order valence-corrected chi connectivity index (χ0v) is 15.8. The van der Waals surface area contributed by atoms with Gasteiger partial charge in [-0.25, -0.2) is 4.79 Å². The van der Waals surface area contributed by atoms with Crippen LogP contribution in [0.4, 0.5) is 18.9 Å². The van der Waals surface area contributed by atoms with Crippen LogP contribution in [0.15, 0.2) is 48.5 Å². The number of benzene rings is 2. The van der Waals surface area contributed by atoms with E-state index in [-0.39, 0.29) is 5.69 Å². The Balaban J connectivity index is 1.74. The molecule has 1 aromatic heterocycles. The SMILES string of the molecule is Cc1c(C(=O)O[C@@H](C)C(=O)Nc2ccccc2C(F)(F)F)sc2ccccc12. The van der Waals surface area contributed by atoms with Gasteiger partial charge in [-0.3, -0.25) is 4.79 Å². The first-order valence-corrected chi connectivity index (χ1v) is 9.16. The van der Waals surface area contributed by atoms with Gasteiger partial charge >= 0.3 is 12.1 Å². The maximum Gasteiger partial charge on any atom is 0.418 e. The van der Waals surface area contributed by atoms with Crippen molar-refractivity contribution in [1.29, 1.82) is 0 Å². The molecule has 1 heterocycles. The molecule has 0 aliphatic rings. The van der Waals surface area contributed by atoms with E-state index in [2.05, 4.69) is 5.32 Å². The molecular weight excluding hydrogens is 391 g/mol. The van der Waals surface area contributed by atoms with Gasteiger partial charge in [-0.1, -0.05) is 30.3 Å². The van der Waals surface area contributed by atoms with Crippen molar-refractivity contribution >= 4 is 39.0 Å². The van der Waals surface area contributed by atoms with Crippen LogP contribution in [0.3, 0.4) is 0 Å². The van der Waals surface area contributed by atoms with E-state index in [1.54, 1.807) is 6.92 Å². The van der Waals surface area contributed by atoms with E-state index in [0.29, 0.717) is 4.88 Å². The molecule has 8 heteroatoms. The topological polar surface area (TPSA) is 55.4 Å². The minimum atomic E-state index is -4.61. The van der Waals surface area contributed by atoms with Gasteiger partial charge in [0, 0.05) is 4.70 Å². The van der Waals surface area contributed by atoms with E-state index in [0.717, 1.165) is 27.8 Å². The summed E-state index contributed by atoms with van der Waals surface area (Å²) in [6.07, 6.45) is -5.88. The predicted molar refractivity (Wildman–Crippen MR) is 102 cm³/mol. The van der Waals surface area contributed by atoms with E-state index < -0.39 is 29.7 Å². The lowest BCUT2D eigenvalue weighted by atomic mass is 10.1. The number of thiophene rings is 1. The monoisotopic (exact) mass is 407 g/mol. The van der Waals surface area contributed by atoms with Gasteiger partial charge in [-0.15, -0.1) is 11.3 Å². The summed E-state index contributed by atoms with van der Waals surface area (Å²) in [5.74, 6) is -1.53. The van der Waals surface area contributed by atoms with Crippen molar-refractivity contribution in [3.8, 4) is 0 Å². The molecule has 28 heavy (non-hydrogen) atoms. The fourth-order valence-electron chi connectivity index (χ4n) is 2.71. The summed E-state index contributed by atoms with van der Waals surface area (Å²) in [4.78, 5) is 25.1. The molecule has 0 aliphatic carbocycles. The van der Waals surface area contributed by atoms with Gasteiger partial charge in [0.1, 0.15) is 4.88 Å². The van der Waals surface area contributed by atoms with Crippen LogP contribution in [0.2, 0.25) is 0 Å². The van der Waals surface area contributed by atoms with E-state index in [4.69, 9.17) is 4.74 Å². The van der Waals surface area contributed by atoms with Crippen molar-refractivity contribution in [1.82, 2.24) is 0 Å². The second kappa shape index (κ2) is 7.63. The molecule has 0 fully saturated rings. The third-order valence-corrected chi connectivity index (χ3v) is 5.43. The molecule has 4 nitrogen and oxygen atoms in total. The lowest BCUT2D eigenvalue weighted by Crippen LogP contribution is -2.30. The van der Waals surface area contributed by atoms with Crippen LogP contribution in [0.1, 0.15) is 27.7 Å². The van der Waals surface area contributed by atoms with Crippen molar-refractivity contribution in [2.24, 2.45) is 0 Å². The van der Waals surface area contributed by atoms with Gasteiger partial charge in [0.05, 0.1) is 11.3 Å². The first-order valence-electron chi connectivity index (χ1n) is 8.34. The average molecular weight is 407 g/mol. The molecule has 3 rings (SSSR count). The summed E-state index contributed by atoms with van der Waals surface area (Å²) in [7, 11) is 0. The predicted octanol–water partition coefficient (Wildman–Crippen LogP) is 5.41. The molecular formula is C20H16F3NO3S. The fraction of sp³-hybridized carbons (Fsp3) is 0.200. The summed E-state index contributed by atoms with van der Waals surface area (Å²) < 4.78 is 45.2. The zero-order chi connectivity index (χ0) is 20.5. The summed E-state index contributed by atoms with van der Waals surface area (Å²) in [5.41, 5.74) is -0.621. The van der Waals surface area contributed by atoms with Crippen LogP contribution in [-0.2, 0) is 15.7 Å². The van der Waals surface area contributed by atoms with Gasteiger partial charge in [0.25, 0.3) is 5.91 Å². The number of para-hydroxylation sites is 1. The van der Waals surface area contributed by atoms with Crippen LogP contribution < -0.4 is 5.32 Å². The molecule has 0 unspecified atom stereocenters. The number of fused-ring (bicyclic) bond motifs is 1. The number of anilines is 1. The second-order valence-corrected chi connectivity index (χ2v) is 7.18. The van der Waals surface area contributed by atoms with Gasteiger partial charge < -0.3 is 10.1 Å². The standard InChI is InChI=1S/C20H16F3NO3S/c1-11-13-7-3-6-10-16(13)28-17(11)19(26)27-12(2)18(25)24-15-9-5-4-8-14(15)20(21,22)23/h3-10,12H,1-2H3,(H,24,25)/t12-/m0/s1. The molecule has 0 saturated heterocycles. The number of carbonyl (C=O) groups is 2. The number of halogens is 3. The molecule has 0 saturated carbocycles. The van der Waals surface area contributed by atoms with E-state index in [9.17, 15) is 22.8 Å². The Morgan fingerprint density at radius 2 is 1.71 bits per heavy atom. The van der Waals surface area contributed by atoms with E-state index in [1.807, 2.05) is 24.3 Å². The van der Waals surface area contributed by atoms with Gasteiger partial charge in [0.2, 0.25) is 0 Å². The lowest BCUT2D eigenvalue weighted by Gasteiger charge is -2.16. The molecule has 0 spiro atoms. The Morgan fingerprint density at radius 1 is 1.07 bits per heavy atom. The Hall–Kier alpha value is -2.87. The van der Waals surface area contributed by atoms with E-state index in [1.165, 1.54) is 30.4 Å². The van der Waals surface area contributed by atoms with Gasteiger partial charge in [0.15, 0.2) is 6.10 Å². The van der Waals surface area contributed by atoms with Crippen LogP contribution in [-0.4, -0.2) is 18.0 Å². The minimum Gasteiger partial charge on any atom is -0.448 e. The Bertz CT molecular complexity index is 1040. The summed E-state index contributed by atoms with van der Waals surface area (Å²) in [6, 6.07) is 12.1. The number of hydrogen-bond acceptors (Lipinski definition) is 4. The summed E-state index contributed by atoms with van der Waals surface area (Å²) >= 11 is 1.24. The fourth-order valence-corrected chi connectivity index (χ4v) is 3.80. The summed E-state index contributed by atoms with van der Waals surface area (Å²) in [6.45, 7) is 3.09. The lowest BCUT2D eigenvalue weighted by molar-refractivity contribution is -0.137. The number of nitrogens with one attached hydrogen (secondary N) is 1. The first-order chi connectivity index (χ1) is 13.2. The van der Waals surface area contributed by atoms with Crippen LogP contribution >= 0.6 is 11.3 Å². The molecule has 0 aliphatic heterocycles. The maximum atomic E-state index is 13.0. The summed E-state index contributed by atoms with van der Waals surface area (Å²) in [5, 5.41) is 3.09. The molecule has 0 radical (unpaired) electrons. The number of esters is 1. The van der Waals surface area contributed by atoms with E-state index >= 15 is 0 Å². The maximum absolute atomic E-state index is 13.0. The van der Waals surface area contributed by atoms with Gasteiger partial charge in [-0.2, -0.15) is 13.2 Å². The molecule has 2 aromatic carbocycles. The number of alkyl halides is 3. The average Bonchev–Trinajstić information content (AvgIpc) is 2.98. The van der Waals surface area contributed by atoms with Crippen molar-refractivity contribution in [2.45, 2.75) is 26.1 Å². The quantitative estimate of drug-likeness (QED) is 0.588. The van der Waals surface area contributed by atoms with Crippen molar-refractivity contribution in [2.75, 3.05) is 5.32 Å². The number of aryl methyl sites for hydroxylation is 1. The Morgan fingerprint density at radius 3 is 2.39 bits per heavy atom. The number of ether oxygens (including phenoxy) is 1. The number of hydrogen-bond donors (Lipinski definition) is 1. The highest BCUT2D eigenvalue weighted by Crippen LogP contribution is 2.35. The second-order valence-electron chi connectivity index (χ2n) is 6.13. The van der Waals surface area contributed by atoms with Crippen LogP contribution in [0, 0.1) is 6.92 Å². The van der Waals surface area contributed by atoms with Crippen molar-refractivity contribution in [3.05, 3.63) is 64.5 Å². The molecule has 3 aromatic rings. The normalized spacial score (nSPS) is 12.6. The highest BCUT2D eigenvalue weighted by molar-refractivity contribution is 7.21. The molecule has 0 bridgehead atoms. The van der Waals surface area contributed by atoms with Crippen LogP contribution in [0.25, 0.3) is 10.1 Å². The number of amides is 1. The highest BCUT2D eigenvalue weighted by atomic mass is 32.1. The largest absolute Gasteiger partial charge is 0.448 e. The third-order valence-electron chi connectivity index (χ3n) is 4.17. The molecule has 1 amide bonds. The molecule has 1 N–H and O–H groups in total. The Kier molecular flexibility index (Phi) is 5.42. The highest BCUT2D eigenvalue weighted by Gasteiger charge is 2.34.